The largest absolute Gasteiger partial charge is 0.494 e. The van der Waals surface area contributed by atoms with Crippen molar-refractivity contribution >= 4 is 27.7 Å². The minimum atomic E-state index is -0.125. The maximum atomic E-state index is 11.6. The Morgan fingerprint density at radius 3 is 2.57 bits per heavy atom. The molecule has 0 aliphatic heterocycles. The molecule has 114 valence electrons. The summed E-state index contributed by atoms with van der Waals surface area (Å²) in [4.78, 5) is 22.9. The van der Waals surface area contributed by atoms with E-state index in [0.29, 0.717) is 25.5 Å². The van der Waals surface area contributed by atoms with Gasteiger partial charge in [-0.1, -0.05) is 15.9 Å². The highest BCUT2D eigenvalue weighted by Crippen LogP contribution is 2.18. The SMILES string of the molecule is O=C(CCCOc1ccc(Br)cc1)NCC(=O)NC1CC1. The van der Waals surface area contributed by atoms with E-state index in [9.17, 15) is 9.59 Å². The van der Waals surface area contributed by atoms with E-state index in [1.54, 1.807) is 0 Å². The summed E-state index contributed by atoms with van der Waals surface area (Å²) >= 11 is 3.35. The lowest BCUT2D eigenvalue weighted by atomic mass is 10.3. The molecule has 2 N–H and O–H groups in total. The Morgan fingerprint density at radius 1 is 1.19 bits per heavy atom. The lowest BCUT2D eigenvalue weighted by Crippen LogP contribution is -2.37. The molecule has 2 rings (SSSR count). The Kier molecular flexibility index (Phi) is 6.04. The highest BCUT2D eigenvalue weighted by Gasteiger charge is 2.23. The van der Waals surface area contributed by atoms with Gasteiger partial charge in [0.05, 0.1) is 13.2 Å². The molecule has 6 heteroatoms. The number of ether oxygens (including phenoxy) is 1. The van der Waals surface area contributed by atoms with E-state index >= 15 is 0 Å². The van der Waals surface area contributed by atoms with Crippen LogP contribution in [0.15, 0.2) is 28.7 Å². The standard InChI is InChI=1S/C15H19BrN2O3/c16-11-3-7-13(8-4-11)21-9-1-2-14(19)17-10-15(20)18-12-5-6-12/h3-4,7-8,12H,1-2,5-6,9-10H2,(H,17,19)(H,18,20). The van der Waals surface area contributed by atoms with E-state index in [2.05, 4.69) is 26.6 Å². The van der Waals surface area contributed by atoms with E-state index in [-0.39, 0.29) is 18.4 Å². The van der Waals surface area contributed by atoms with E-state index in [0.717, 1.165) is 23.1 Å². The number of carbonyl (C=O) groups excluding carboxylic acids is 2. The zero-order chi connectivity index (χ0) is 15.1. The number of nitrogens with one attached hydrogen (secondary N) is 2. The van der Waals surface area contributed by atoms with Crippen LogP contribution < -0.4 is 15.4 Å². The van der Waals surface area contributed by atoms with Crippen LogP contribution in [0.4, 0.5) is 0 Å². The number of rotatable bonds is 8. The van der Waals surface area contributed by atoms with Gasteiger partial charge >= 0.3 is 0 Å². The van der Waals surface area contributed by atoms with Crippen molar-refractivity contribution < 1.29 is 14.3 Å². The van der Waals surface area contributed by atoms with Gasteiger partial charge in [0.25, 0.3) is 0 Å². The van der Waals surface area contributed by atoms with Crippen LogP contribution >= 0.6 is 15.9 Å². The molecule has 0 radical (unpaired) electrons. The van der Waals surface area contributed by atoms with Gasteiger partial charge in [-0.15, -0.1) is 0 Å². The van der Waals surface area contributed by atoms with Crippen molar-refractivity contribution in [1.82, 2.24) is 10.6 Å². The summed E-state index contributed by atoms with van der Waals surface area (Å²) in [5.74, 6) is 0.541. The van der Waals surface area contributed by atoms with Crippen LogP contribution in [-0.4, -0.2) is 31.0 Å². The van der Waals surface area contributed by atoms with Crippen LogP contribution in [0.1, 0.15) is 25.7 Å². The first-order valence-electron chi connectivity index (χ1n) is 7.08. The molecule has 0 spiro atoms. The Hall–Kier alpha value is -1.56. The third kappa shape index (κ3) is 6.62. The van der Waals surface area contributed by atoms with E-state index in [1.807, 2.05) is 24.3 Å². The van der Waals surface area contributed by atoms with Crippen molar-refractivity contribution in [3.63, 3.8) is 0 Å². The summed E-state index contributed by atoms with van der Waals surface area (Å²) in [6.07, 6.45) is 3.07. The molecule has 0 bridgehead atoms. The number of hydrogen-bond acceptors (Lipinski definition) is 3. The van der Waals surface area contributed by atoms with Crippen LogP contribution in [0.25, 0.3) is 0 Å². The molecule has 1 aliphatic rings. The number of amides is 2. The van der Waals surface area contributed by atoms with Crippen LogP contribution in [-0.2, 0) is 9.59 Å². The summed E-state index contributed by atoms with van der Waals surface area (Å²) < 4.78 is 6.52. The van der Waals surface area contributed by atoms with Crippen LogP contribution in [0.2, 0.25) is 0 Å². The predicted molar refractivity (Wildman–Crippen MR) is 83.0 cm³/mol. The zero-order valence-electron chi connectivity index (χ0n) is 11.7. The Morgan fingerprint density at radius 2 is 1.90 bits per heavy atom. The molecule has 1 aromatic rings. The van der Waals surface area contributed by atoms with Gasteiger partial charge in [0, 0.05) is 16.9 Å². The van der Waals surface area contributed by atoms with Crippen LogP contribution in [0, 0.1) is 0 Å². The van der Waals surface area contributed by atoms with Gasteiger partial charge in [-0.3, -0.25) is 9.59 Å². The Bertz CT molecular complexity index is 486. The molecule has 0 unspecified atom stereocenters. The molecular formula is C15H19BrN2O3. The molecule has 1 aromatic carbocycles. The molecule has 0 saturated heterocycles. The number of halogens is 1. The van der Waals surface area contributed by atoms with Gasteiger partial charge in [-0.25, -0.2) is 0 Å². The average molecular weight is 355 g/mol. The predicted octanol–water partition coefficient (Wildman–Crippen LogP) is 2.00. The first-order valence-corrected chi connectivity index (χ1v) is 7.87. The molecule has 0 atom stereocenters. The average Bonchev–Trinajstić information content (AvgIpc) is 3.27. The number of carbonyl (C=O) groups is 2. The second kappa shape index (κ2) is 8.02. The van der Waals surface area contributed by atoms with Gasteiger partial charge in [0.1, 0.15) is 5.75 Å². The minimum absolute atomic E-state index is 0.0584. The van der Waals surface area contributed by atoms with Gasteiger partial charge in [-0.2, -0.15) is 0 Å². The molecule has 0 aromatic heterocycles. The number of benzene rings is 1. The summed E-state index contributed by atoms with van der Waals surface area (Å²) in [6.45, 7) is 0.534. The summed E-state index contributed by atoms with van der Waals surface area (Å²) in [5, 5.41) is 5.43. The van der Waals surface area contributed by atoms with Gasteiger partial charge in [0.2, 0.25) is 11.8 Å². The first-order chi connectivity index (χ1) is 10.1. The highest BCUT2D eigenvalue weighted by molar-refractivity contribution is 9.10. The zero-order valence-corrected chi connectivity index (χ0v) is 13.3. The minimum Gasteiger partial charge on any atom is -0.494 e. The van der Waals surface area contributed by atoms with Crippen molar-refractivity contribution in [2.75, 3.05) is 13.2 Å². The van der Waals surface area contributed by atoms with E-state index in [4.69, 9.17) is 4.74 Å². The fourth-order valence-electron chi connectivity index (χ4n) is 1.73. The molecule has 0 heterocycles. The monoisotopic (exact) mass is 354 g/mol. The molecule has 1 aliphatic carbocycles. The van der Waals surface area contributed by atoms with E-state index in [1.165, 1.54) is 0 Å². The second-order valence-corrected chi connectivity index (χ2v) is 5.94. The fourth-order valence-corrected chi connectivity index (χ4v) is 1.99. The lowest BCUT2D eigenvalue weighted by Gasteiger charge is -2.07. The molecule has 1 saturated carbocycles. The Balaban J connectivity index is 1.52. The molecule has 2 amide bonds. The molecule has 1 fully saturated rings. The van der Waals surface area contributed by atoms with Crippen LogP contribution in [0.3, 0.4) is 0 Å². The van der Waals surface area contributed by atoms with Crippen molar-refractivity contribution in [2.24, 2.45) is 0 Å². The quantitative estimate of drug-likeness (QED) is 0.701. The van der Waals surface area contributed by atoms with Crippen LogP contribution in [0.5, 0.6) is 5.75 Å². The van der Waals surface area contributed by atoms with Crippen molar-refractivity contribution in [2.45, 2.75) is 31.7 Å². The van der Waals surface area contributed by atoms with Gasteiger partial charge < -0.3 is 15.4 Å². The summed E-state index contributed by atoms with van der Waals surface area (Å²) in [7, 11) is 0. The first kappa shape index (κ1) is 15.8. The molecule has 5 nitrogen and oxygen atoms in total. The van der Waals surface area contributed by atoms with Gasteiger partial charge in [-0.05, 0) is 43.5 Å². The summed E-state index contributed by atoms with van der Waals surface area (Å²) in [5.41, 5.74) is 0. The fraction of sp³-hybridized carbons (Fsp3) is 0.467. The highest BCUT2D eigenvalue weighted by atomic mass is 79.9. The topological polar surface area (TPSA) is 67.4 Å². The van der Waals surface area contributed by atoms with Gasteiger partial charge in [0.15, 0.2) is 0 Å². The van der Waals surface area contributed by atoms with Crippen molar-refractivity contribution in [3.8, 4) is 5.75 Å². The van der Waals surface area contributed by atoms with E-state index < -0.39 is 0 Å². The molecular weight excluding hydrogens is 336 g/mol. The third-order valence-electron chi connectivity index (χ3n) is 3.02. The molecule has 21 heavy (non-hydrogen) atoms. The second-order valence-electron chi connectivity index (χ2n) is 5.02. The normalized spacial score (nSPS) is 13.6. The smallest absolute Gasteiger partial charge is 0.239 e. The Labute approximate surface area is 132 Å². The maximum absolute atomic E-state index is 11.6. The third-order valence-corrected chi connectivity index (χ3v) is 3.55. The van der Waals surface area contributed by atoms with Crippen molar-refractivity contribution in [1.29, 1.82) is 0 Å². The summed E-state index contributed by atoms with van der Waals surface area (Å²) in [6, 6.07) is 7.87. The number of hydrogen-bond donors (Lipinski definition) is 2. The van der Waals surface area contributed by atoms with Crippen molar-refractivity contribution in [3.05, 3.63) is 28.7 Å². The lowest BCUT2D eigenvalue weighted by molar-refractivity contribution is -0.126. The maximum Gasteiger partial charge on any atom is 0.239 e.